The summed E-state index contributed by atoms with van der Waals surface area (Å²) in [5.74, 6) is -5.55. The topological polar surface area (TPSA) is 149 Å². The summed E-state index contributed by atoms with van der Waals surface area (Å²) in [6, 6.07) is 15.3. The first kappa shape index (κ1) is 22.4. The van der Waals surface area contributed by atoms with Gasteiger partial charge in [-0.05, 0) is 46.7 Å². The van der Waals surface area contributed by atoms with E-state index >= 15 is 0 Å². The van der Waals surface area contributed by atoms with Crippen molar-refractivity contribution in [3.05, 3.63) is 88.5 Å². The third-order valence-electron chi connectivity index (χ3n) is 4.95. The molecule has 0 amide bonds. The van der Waals surface area contributed by atoms with E-state index in [1.807, 2.05) is 25.1 Å². The fourth-order valence-corrected chi connectivity index (χ4v) is 6.23. The number of carbonyl (C=O) groups is 4. The predicted octanol–water partition coefficient (Wildman–Crippen LogP) is 1.30. The van der Waals surface area contributed by atoms with E-state index in [1.54, 1.807) is 6.07 Å². The Morgan fingerprint density at radius 1 is 0.594 bits per heavy atom. The van der Waals surface area contributed by atoms with Crippen LogP contribution < -0.4 is 15.6 Å². The second kappa shape index (κ2) is 8.86. The molecule has 3 aromatic carbocycles. The van der Waals surface area contributed by atoms with Gasteiger partial charge >= 0.3 is 23.9 Å². The van der Waals surface area contributed by atoms with Gasteiger partial charge in [0.15, 0.2) is 8.80 Å². The lowest BCUT2D eigenvalue weighted by atomic mass is 10.1. The highest BCUT2D eigenvalue weighted by atomic mass is 28.3. The molecule has 0 saturated heterocycles. The van der Waals surface area contributed by atoms with Crippen molar-refractivity contribution in [3.8, 4) is 0 Å². The van der Waals surface area contributed by atoms with E-state index in [-0.39, 0.29) is 22.3 Å². The van der Waals surface area contributed by atoms with E-state index < -0.39 is 32.7 Å². The lowest BCUT2D eigenvalue weighted by molar-refractivity contribution is 0.0651. The normalized spacial score (nSPS) is 10.7. The molecule has 0 aliphatic heterocycles. The molecule has 0 saturated carbocycles. The van der Waals surface area contributed by atoms with Gasteiger partial charge in [0.1, 0.15) is 0 Å². The number of carboxylic acid groups (broad SMARTS) is 4. The second-order valence-corrected chi connectivity index (χ2v) is 9.37. The van der Waals surface area contributed by atoms with Crippen molar-refractivity contribution in [2.75, 3.05) is 0 Å². The number of hydrogen-bond acceptors (Lipinski definition) is 4. The van der Waals surface area contributed by atoms with Crippen LogP contribution in [0.5, 0.6) is 0 Å². The van der Waals surface area contributed by atoms with Crippen LogP contribution in [0, 0.1) is 6.92 Å². The van der Waals surface area contributed by atoms with Crippen molar-refractivity contribution >= 4 is 48.2 Å². The van der Waals surface area contributed by atoms with Crippen LogP contribution in [-0.4, -0.2) is 53.1 Å². The molecule has 8 nitrogen and oxygen atoms in total. The molecular weight excluding hydrogens is 432 g/mol. The number of hydrogen-bond donors (Lipinski definition) is 4. The van der Waals surface area contributed by atoms with Crippen molar-refractivity contribution < 1.29 is 39.6 Å². The number of aryl methyl sites for hydroxylation is 1. The molecule has 9 heteroatoms. The molecule has 0 aliphatic rings. The summed E-state index contributed by atoms with van der Waals surface area (Å²) in [6.07, 6.45) is 0. The first-order valence-electron chi connectivity index (χ1n) is 9.26. The minimum absolute atomic E-state index is 0.361. The van der Waals surface area contributed by atoms with Crippen LogP contribution in [0.2, 0.25) is 0 Å². The molecule has 161 valence electrons. The van der Waals surface area contributed by atoms with Crippen molar-refractivity contribution in [1.82, 2.24) is 0 Å². The zero-order valence-electron chi connectivity index (χ0n) is 16.7. The van der Waals surface area contributed by atoms with Gasteiger partial charge in [0.05, 0.1) is 22.3 Å². The van der Waals surface area contributed by atoms with Gasteiger partial charge in [0, 0.05) is 0 Å². The number of rotatable bonds is 7. The fraction of sp³-hybridized carbons (Fsp3) is 0.0435. The Labute approximate surface area is 183 Å². The van der Waals surface area contributed by atoms with Crippen LogP contribution in [0.1, 0.15) is 47.0 Å². The molecule has 0 spiro atoms. The zero-order chi connectivity index (χ0) is 23.6. The molecule has 0 atom stereocenters. The molecule has 0 aliphatic carbocycles. The van der Waals surface area contributed by atoms with Gasteiger partial charge in [-0.15, -0.1) is 0 Å². The maximum atomic E-state index is 11.7. The van der Waals surface area contributed by atoms with Gasteiger partial charge < -0.3 is 20.4 Å². The largest absolute Gasteiger partial charge is 0.478 e. The minimum atomic E-state index is -2.01. The summed E-state index contributed by atoms with van der Waals surface area (Å²) in [5.41, 5.74) is -0.613. The zero-order valence-corrected chi connectivity index (χ0v) is 17.7. The highest BCUT2D eigenvalue weighted by Gasteiger charge is 2.27. The van der Waals surface area contributed by atoms with Crippen LogP contribution in [0.15, 0.2) is 60.7 Å². The molecule has 0 fully saturated rings. The molecule has 0 heterocycles. The standard InChI is InChI=1S/C23H17O8Si/c1-12-4-2-3-5-19(12)32(13-6-8-15(20(24)25)17(10-13)22(28)29)14-7-9-16(21(26)27)18(11-14)23(30)31/h2-11H,1H3,(H,24,25)(H,26,27)(H,28,29)(H,30,31). The molecule has 0 aromatic heterocycles. The summed E-state index contributed by atoms with van der Waals surface area (Å²) in [4.78, 5) is 46.3. The second-order valence-electron chi connectivity index (χ2n) is 6.93. The van der Waals surface area contributed by atoms with Crippen LogP contribution in [0.25, 0.3) is 0 Å². The third kappa shape index (κ3) is 4.28. The quantitative estimate of drug-likeness (QED) is 0.312. The van der Waals surface area contributed by atoms with Crippen molar-refractivity contribution in [2.24, 2.45) is 0 Å². The van der Waals surface area contributed by atoms with E-state index in [4.69, 9.17) is 0 Å². The van der Waals surface area contributed by atoms with Gasteiger partial charge in [-0.25, -0.2) is 19.2 Å². The average Bonchev–Trinajstić information content (AvgIpc) is 2.74. The summed E-state index contributed by atoms with van der Waals surface area (Å²) < 4.78 is 0. The summed E-state index contributed by atoms with van der Waals surface area (Å²) >= 11 is 0. The lowest BCUT2D eigenvalue weighted by Gasteiger charge is -2.20. The predicted molar refractivity (Wildman–Crippen MR) is 117 cm³/mol. The van der Waals surface area contributed by atoms with Crippen LogP contribution in [-0.2, 0) is 0 Å². The molecule has 4 N–H and O–H groups in total. The van der Waals surface area contributed by atoms with Gasteiger partial charge in [-0.3, -0.25) is 0 Å². The summed E-state index contributed by atoms with van der Waals surface area (Å²) in [6.45, 7) is 1.85. The first-order valence-corrected chi connectivity index (χ1v) is 10.8. The van der Waals surface area contributed by atoms with E-state index in [0.717, 1.165) is 10.8 Å². The Balaban J connectivity index is 2.32. The van der Waals surface area contributed by atoms with Gasteiger partial charge in [0.2, 0.25) is 0 Å². The first-order chi connectivity index (χ1) is 15.1. The highest BCUT2D eigenvalue weighted by molar-refractivity contribution is 6.95. The molecule has 1 radical (unpaired) electrons. The van der Waals surface area contributed by atoms with E-state index in [1.165, 1.54) is 36.4 Å². The smallest absolute Gasteiger partial charge is 0.336 e. The summed E-state index contributed by atoms with van der Waals surface area (Å²) in [7, 11) is -2.01. The Hall–Kier alpha value is -4.24. The van der Waals surface area contributed by atoms with Gasteiger partial charge in [0.25, 0.3) is 0 Å². The van der Waals surface area contributed by atoms with Crippen molar-refractivity contribution in [1.29, 1.82) is 0 Å². The average molecular weight is 449 g/mol. The van der Waals surface area contributed by atoms with E-state index in [0.29, 0.717) is 10.4 Å². The Kier molecular flexibility index (Phi) is 6.21. The highest BCUT2D eigenvalue weighted by Crippen LogP contribution is 2.12. The minimum Gasteiger partial charge on any atom is -0.478 e. The lowest BCUT2D eigenvalue weighted by Crippen LogP contribution is -2.53. The Morgan fingerprint density at radius 3 is 1.38 bits per heavy atom. The van der Waals surface area contributed by atoms with Gasteiger partial charge in [-0.2, -0.15) is 0 Å². The van der Waals surface area contributed by atoms with Crippen LogP contribution in [0.4, 0.5) is 0 Å². The molecule has 3 rings (SSSR count). The van der Waals surface area contributed by atoms with Crippen LogP contribution >= 0.6 is 0 Å². The maximum absolute atomic E-state index is 11.7. The summed E-state index contributed by atoms with van der Waals surface area (Å²) in [5, 5.41) is 39.6. The van der Waals surface area contributed by atoms with E-state index in [2.05, 4.69) is 0 Å². The molecule has 0 unspecified atom stereocenters. The van der Waals surface area contributed by atoms with E-state index in [9.17, 15) is 39.6 Å². The van der Waals surface area contributed by atoms with Crippen LogP contribution in [0.3, 0.4) is 0 Å². The monoisotopic (exact) mass is 449 g/mol. The molecular formula is C23H17O8Si. The third-order valence-corrected chi connectivity index (χ3v) is 7.83. The van der Waals surface area contributed by atoms with Crippen molar-refractivity contribution in [3.63, 3.8) is 0 Å². The Bertz CT molecular complexity index is 1190. The van der Waals surface area contributed by atoms with Crippen molar-refractivity contribution in [2.45, 2.75) is 6.92 Å². The SMILES string of the molecule is Cc1ccccc1[Si](c1ccc(C(=O)O)c(C(=O)O)c1)c1ccc(C(=O)O)c(C(=O)O)c1. The maximum Gasteiger partial charge on any atom is 0.336 e. The number of carboxylic acids is 4. The fourth-order valence-electron chi connectivity index (χ4n) is 3.46. The number of aromatic carboxylic acids is 4. The Morgan fingerprint density at radius 2 is 1.00 bits per heavy atom. The van der Waals surface area contributed by atoms with Gasteiger partial charge in [-0.1, -0.05) is 42.0 Å². The molecule has 32 heavy (non-hydrogen) atoms. The number of benzene rings is 3. The molecule has 0 bridgehead atoms. The molecule has 3 aromatic rings.